The van der Waals surface area contributed by atoms with E-state index in [1.54, 1.807) is 6.92 Å². The number of ether oxygens (including phenoxy) is 1. The van der Waals surface area contributed by atoms with E-state index >= 15 is 0 Å². The maximum Gasteiger partial charge on any atom is 0.379 e. The fraction of sp³-hybridized carbons (Fsp3) is 0.273. The lowest BCUT2D eigenvalue weighted by molar-refractivity contribution is -0.137. The van der Waals surface area contributed by atoms with Gasteiger partial charge in [-0.25, -0.2) is 4.79 Å². The maximum atomic E-state index is 11.7. The topological polar surface area (TPSA) is 83.8 Å². The molecule has 5 nitrogen and oxygen atoms in total. The second kappa shape index (κ2) is 5.05. The molecule has 17 heavy (non-hydrogen) atoms. The number of halogens is 1. The van der Waals surface area contributed by atoms with Crippen LogP contribution in [0.25, 0.3) is 0 Å². The third-order valence-electron chi connectivity index (χ3n) is 2.16. The molecule has 0 aliphatic carbocycles. The summed E-state index contributed by atoms with van der Waals surface area (Å²) in [5.74, 6) is -3.38. The number of ketones is 1. The molecule has 0 unspecified atom stereocenters. The van der Waals surface area contributed by atoms with Gasteiger partial charge in [0, 0.05) is 11.1 Å². The maximum absolute atomic E-state index is 11.7. The smallest absolute Gasteiger partial charge is 0.379 e. The predicted octanol–water partition coefficient (Wildman–Crippen LogP) is 1.81. The van der Waals surface area contributed by atoms with Crippen LogP contribution in [0.1, 0.15) is 22.8 Å². The number of hydrogen-bond acceptors (Lipinski definition) is 5. The monoisotopic (exact) mass is 258 g/mol. The Morgan fingerprint density at radius 2 is 2.00 bits per heavy atom. The Labute approximate surface area is 103 Å². The summed E-state index contributed by atoms with van der Waals surface area (Å²) in [7, 11) is 0. The summed E-state index contributed by atoms with van der Waals surface area (Å²) >= 11 is 5.74. The van der Waals surface area contributed by atoms with Crippen molar-refractivity contribution in [3.63, 3.8) is 0 Å². The van der Waals surface area contributed by atoms with Crippen molar-refractivity contribution in [2.45, 2.75) is 13.8 Å². The van der Waals surface area contributed by atoms with E-state index in [9.17, 15) is 19.8 Å². The first kappa shape index (κ1) is 13.3. The highest BCUT2D eigenvalue weighted by Crippen LogP contribution is 2.36. The fourth-order valence-corrected chi connectivity index (χ4v) is 1.50. The number of Topliss-reactive ketones (excluding diaryl/α,β-unsaturated/α-hetero) is 1. The molecular weight excluding hydrogens is 248 g/mol. The highest BCUT2D eigenvalue weighted by atomic mass is 35.5. The number of aromatic hydroxyl groups is 2. The lowest BCUT2D eigenvalue weighted by atomic mass is 10.0. The Morgan fingerprint density at radius 1 is 1.41 bits per heavy atom. The molecule has 0 saturated heterocycles. The summed E-state index contributed by atoms with van der Waals surface area (Å²) in [5, 5.41) is 19.0. The standard InChI is InChI=1S/C11H11ClO5/c1-3-17-11(16)10(15)8-5(2)6(12)4-7(13)9(8)14/h4,13-14H,3H2,1-2H3. The molecule has 0 heterocycles. The van der Waals surface area contributed by atoms with Crippen LogP contribution in [0.5, 0.6) is 11.5 Å². The summed E-state index contributed by atoms with van der Waals surface area (Å²) in [6, 6.07) is 1.09. The van der Waals surface area contributed by atoms with Crippen molar-refractivity contribution >= 4 is 23.4 Å². The minimum Gasteiger partial charge on any atom is -0.504 e. The number of phenolic OH excluding ortho intramolecular Hbond substituents is 2. The molecule has 0 amide bonds. The van der Waals surface area contributed by atoms with Crippen LogP contribution in [-0.4, -0.2) is 28.6 Å². The summed E-state index contributed by atoms with van der Waals surface area (Å²) in [5.41, 5.74) is -0.131. The van der Waals surface area contributed by atoms with Crippen molar-refractivity contribution in [2.75, 3.05) is 6.61 Å². The van der Waals surface area contributed by atoms with Gasteiger partial charge in [0.2, 0.25) is 0 Å². The van der Waals surface area contributed by atoms with E-state index < -0.39 is 23.3 Å². The van der Waals surface area contributed by atoms with Crippen LogP contribution in [0.4, 0.5) is 0 Å². The first-order chi connectivity index (χ1) is 7.90. The third-order valence-corrected chi connectivity index (χ3v) is 2.56. The van der Waals surface area contributed by atoms with Crippen LogP contribution in [0.3, 0.4) is 0 Å². The first-order valence-electron chi connectivity index (χ1n) is 4.82. The Balaban J connectivity index is 3.31. The molecule has 0 aliphatic rings. The van der Waals surface area contributed by atoms with Gasteiger partial charge in [-0.1, -0.05) is 11.6 Å². The molecule has 0 aromatic heterocycles. The molecule has 0 aliphatic heterocycles. The van der Waals surface area contributed by atoms with E-state index in [-0.39, 0.29) is 22.8 Å². The molecule has 92 valence electrons. The number of phenols is 2. The van der Waals surface area contributed by atoms with E-state index in [0.29, 0.717) is 0 Å². The van der Waals surface area contributed by atoms with Gasteiger partial charge in [-0.2, -0.15) is 0 Å². The minimum atomic E-state index is -1.10. The normalized spacial score (nSPS) is 10.1. The number of hydrogen-bond donors (Lipinski definition) is 2. The lowest BCUT2D eigenvalue weighted by Crippen LogP contribution is -2.18. The van der Waals surface area contributed by atoms with Gasteiger partial charge in [-0.15, -0.1) is 0 Å². The van der Waals surface area contributed by atoms with Crippen LogP contribution >= 0.6 is 11.6 Å². The zero-order valence-corrected chi connectivity index (χ0v) is 10.0. The summed E-state index contributed by atoms with van der Waals surface area (Å²) in [6.07, 6.45) is 0. The van der Waals surface area contributed by atoms with Gasteiger partial charge in [0.25, 0.3) is 5.78 Å². The molecule has 0 radical (unpaired) electrons. The van der Waals surface area contributed by atoms with Crippen molar-refractivity contribution in [1.29, 1.82) is 0 Å². The Kier molecular flexibility index (Phi) is 3.96. The third kappa shape index (κ3) is 2.50. The number of carbonyl (C=O) groups excluding carboxylic acids is 2. The average Bonchev–Trinajstić information content (AvgIpc) is 2.27. The summed E-state index contributed by atoms with van der Waals surface area (Å²) < 4.78 is 4.52. The lowest BCUT2D eigenvalue weighted by Gasteiger charge is -2.09. The van der Waals surface area contributed by atoms with E-state index in [4.69, 9.17) is 11.6 Å². The largest absolute Gasteiger partial charge is 0.504 e. The minimum absolute atomic E-state index is 0.0386. The second-order valence-corrected chi connectivity index (χ2v) is 3.68. The van der Waals surface area contributed by atoms with Crippen LogP contribution in [0.15, 0.2) is 6.07 Å². The van der Waals surface area contributed by atoms with Gasteiger partial charge in [-0.05, 0) is 19.4 Å². The van der Waals surface area contributed by atoms with Gasteiger partial charge in [0.15, 0.2) is 11.5 Å². The van der Waals surface area contributed by atoms with E-state index in [1.807, 2.05) is 0 Å². The zero-order valence-electron chi connectivity index (χ0n) is 9.28. The van der Waals surface area contributed by atoms with Crippen molar-refractivity contribution in [2.24, 2.45) is 0 Å². The van der Waals surface area contributed by atoms with Crippen molar-refractivity contribution in [3.8, 4) is 11.5 Å². The number of carbonyl (C=O) groups is 2. The molecule has 1 aromatic rings. The number of esters is 1. The molecule has 0 atom stereocenters. The molecule has 0 saturated carbocycles. The van der Waals surface area contributed by atoms with Crippen LogP contribution in [0, 0.1) is 6.92 Å². The Hall–Kier alpha value is -1.75. The molecule has 0 bridgehead atoms. The highest BCUT2D eigenvalue weighted by Gasteiger charge is 2.26. The van der Waals surface area contributed by atoms with Crippen LogP contribution < -0.4 is 0 Å². The first-order valence-corrected chi connectivity index (χ1v) is 5.20. The number of rotatable bonds is 3. The SMILES string of the molecule is CCOC(=O)C(=O)c1c(C)c(Cl)cc(O)c1O. The van der Waals surface area contributed by atoms with E-state index in [1.165, 1.54) is 6.92 Å². The average molecular weight is 259 g/mol. The molecular formula is C11H11ClO5. The van der Waals surface area contributed by atoms with Gasteiger partial charge in [-0.3, -0.25) is 4.79 Å². The van der Waals surface area contributed by atoms with Gasteiger partial charge < -0.3 is 14.9 Å². The van der Waals surface area contributed by atoms with E-state index in [0.717, 1.165) is 6.07 Å². The Morgan fingerprint density at radius 3 is 2.53 bits per heavy atom. The van der Waals surface area contributed by atoms with Gasteiger partial charge in [0.05, 0.1) is 12.2 Å². The zero-order chi connectivity index (χ0) is 13.2. The van der Waals surface area contributed by atoms with Crippen molar-refractivity contribution in [3.05, 3.63) is 22.2 Å². The van der Waals surface area contributed by atoms with E-state index in [2.05, 4.69) is 4.74 Å². The van der Waals surface area contributed by atoms with Crippen LogP contribution in [0.2, 0.25) is 5.02 Å². The Bertz CT molecular complexity index is 455. The predicted molar refractivity (Wildman–Crippen MR) is 60.5 cm³/mol. The highest BCUT2D eigenvalue weighted by molar-refractivity contribution is 6.42. The summed E-state index contributed by atoms with van der Waals surface area (Å²) in [4.78, 5) is 22.9. The molecule has 2 N–H and O–H groups in total. The molecule has 6 heteroatoms. The quantitative estimate of drug-likeness (QED) is 0.374. The molecule has 0 spiro atoms. The van der Waals surface area contributed by atoms with Gasteiger partial charge >= 0.3 is 5.97 Å². The molecule has 0 fully saturated rings. The summed E-state index contributed by atoms with van der Waals surface area (Å²) in [6.45, 7) is 3.04. The van der Waals surface area contributed by atoms with Gasteiger partial charge in [0.1, 0.15) is 0 Å². The van der Waals surface area contributed by atoms with Crippen molar-refractivity contribution in [1.82, 2.24) is 0 Å². The second-order valence-electron chi connectivity index (χ2n) is 3.28. The molecule has 1 aromatic carbocycles. The van der Waals surface area contributed by atoms with Crippen LogP contribution in [-0.2, 0) is 9.53 Å². The van der Waals surface area contributed by atoms with Crippen molar-refractivity contribution < 1.29 is 24.5 Å². The molecule has 1 rings (SSSR count). The number of benzene rings is 1. The fourth-order valence-electron chi connectivity index (χ4n) is 1.30.